The van der Waals surface area contributed by atoms with E-state index in [1.807, 2.05) is 32.0 Å². The van der Waals surface area contributed by atoms with Crippen molar-refractivity contribution in [2.24, 2.45) is 0 Å². The fourth-order valence-electron chi connectivity index (χ4n) is 2.31. The Hall–Kier alpha value is -2.12. The normalized spacial score (nSPS) is 13.2. The summed E-state index contributed by atoms with van der Waals surface area (Å²) in [6.07, 6.45) is 0. The number of hydrogen-bond acceptors (Lipinski definition) is 6. The van der Waals surface area contributed by atoms with E-state index < -0.39 is 0 Å². The van der Waals surface area contributed by atoms with Gasteiger partial charge in [0.15, 0.2) is 11.5 Å². The highest BCUT2D eigenvalue weighted by Crippen LogP contribution is 2.33. The van der Waals surface area contributed by atoms with Gasteiger partial charge in [0.05, 0.1) is 5.69 Å². The molecule has 0 saturated heterocycles. The van der Waals surface area contributed by atoms with Gasteiger partial charge < -0.3 is 19.7 Å². The van der Waals surface area contributed by atoms with E-state index >= 15 is 0 Å². The Morgan fingerprint density at radius 1 is 1.30 bits per heavy atom. The Kier molecular flexibility index (Phi) is 4.49. The first-order valence-electron chi connectivity index (χ1n) is 7.35. The summed E-state index contributed by atoms with van der Waals surface area (Å²) in [5.41, 5.74) is 1.43. The number of aryl methyl sites for hydroxylation is 1. The minimum Gasteiger partial charge on any atom is -0.486 e. The Bertz CT molecular complexity index is 727. The van der Waals surface area contributed by atoms with Gasteiger partial charge in [0.25, 0.3) is 5.91 Å². The van der Waals surface area contributed by atoms with Crippen molar-refractivity contribution in [2.45, 2.75) is 13.5 Å². The number of hydrogen-bond donors (Lipinski definition) is 1. The molecule has 6 nitrogen and oxygen atoms in total. The van der Waals surface area contributed by atoms with Gasteiger partial charge in [0, 0.05) is 18.3 Å². The van der Waals surface area contributed by atoms with Gasteiger partial charge in [-0.15, -0.1) is 11.3 Å². The fourth-order valence-corrected chi connectivity index (χ4v) is 3.39. The zero-order valence-corrected chi connectivity index (χ0v) is 14.2. The predicted molar refractivity (Wildman–Crippen MR) is 89.6 cm³/mol. The van der Waals surface area contributed by atoms with Crippen LogP contribution in [0.25, 0.3) is 0 Å². The van der Waals surface area contributed by atoms with Gasteiger partial charge in [-0.05, 0) is 33.2 Å². The molecule has 2 heterocycles. The van der Waals surface area contributed by atoms with Gasteiger partial charge in [-0.25, -0.2) is 4.98 Å². The monoisotopic (exact) mass is 333 g/mol. The second kappa shape index (κ2) is 6.55. The van der Waals surface area contributed by atoms with Crippen LogP contribution in [0.3, 0.4) is 0 Å². The van der Waals surface area contributed by atoms with Crippen LogP contribution in [0, 0.1) is 6.92 Å². The SMILES string of the molecule is Cc1nc(CN(C)C)sc1C(=O)Nc1ccc2c(c1)OCCO2. The molecule has 0 radical (unpaired) electrons. The van der Waals surface area contributed by atoms with Gasteiger partial charge in [-0.1, -0.05) is 0 Å². The van der Waals surface area contributed by atoms with Crippen molar-refractivity contribution in [3.8, 4) is 11.5 Å². The van der Waals surface area contributed by atoms with Crippen LogP contribution in [0.15, 0.2) is 18.2 Å². The number of amides is 1. The highest BCUT2D eigenvalue weighted by atomic mass is 32.1. The Labute approximate surface area is 139 Å². The molecule has 23 heavy (non-hydrogen) atoms. The van der Waals surface area contributed by atoms with Crippen LogP contribution in [0.5, 0.6) is 11.5 Å². The molecule has 0 spiro atoms. The van der Waals surface area contributed by atoms with E-state index in [9.17, 15) is 4.79 Å². The number of rotatable bonds is 4. The maximum Gasteiger partial charge on any atom is 0.267 e. The average Bonchev–Trinajstić information content (AvgIpc) is 2.87. The zero-order valence-electron chi connectivity index (χ0n) is 13.4. The first-order valence-corrected chi connectivity index (χ1v) is 8.16. The average molecular weight is 333 g/mol. The number of aromatic nitrogens is 1. The van der Waals surface area contributed by atoms with Crippen molar-refractivity contribution in [3.63, 3.8) is 0 Å². The number of ether oxygens (including phenoxy) is 2. The van der Waals surface area contributed by atoms with E-state index in [2.05, 4.69) is 10.3 Å². The van der Waals surface area contributed by atoms with Gasteiger partial charge >= 0.3 is 0 Å². The van der Waals surface area contributed by atoms with Crippen LogP contribution in [-0.2, 0) is 6.54 Å². The third kappa shape index (κ3) is 3.62. The topological polar surface area (TPSA) is 63.7 Å². The number of benzene rings is 1. The number of fused-ring (bicyclic) bond motifs is 1. The molecule has 7 heteroatoms. The Balaban J connectivity index is 1.75. The number of anilines is 1. The lowest BCUT2D eigenvalue weighted by Gasteiger charge is -2.18. The lowest BCUT2D eigenvalue weighted by molar-refractivity contribution is 0.102. The van der Waals surface area contributed by atoms with Crippen LogP contribution in [0.4, 0.5) is 5.69 Å². The standard InChI is InChI=1S/C16H19N3O3S/c1-10-15(23-14(17-10)9-19(2)3)16(20)18-11-4-5-12-13(8-11)22-7-6-21-12/h4-5,8H,6-7,9H2,1-3H3,(H,18,20). The first kappa shape index (κ1) is 15.8. The molecule has 2 aromatic rings. The number of nitrogens with one attached hydrogen (secondary N) is 1. The molecule has 1 amide bonds. The summed E-state index contributed by atoms with van der Waals surface area (Å²) in [6, 6.07) is 5.40. The van der Waals surface area contributed by atoms with E-state index in [0.29, 0.717) is 35.3 Å². The Morgan fingerprint density at radius 3 is 2.78 bits per heavy atom. The minimum absolute atomic E-state index is 0.151. The molecule has 1 aliphatic rings. The third-order valence-electron chi connectivity index (χ3n) is 3.30. The van der Waals surface area contributed by atoms with E-state index in [-0.39, 0.29) is 5.91 Å². The highest BCUT2D eigenvalue weighted by molar-refractivity contribution is 7.13. The summed E-state index contributed by atoms with van der Waals surface area (Å²) in [5.74, 6) is 1.21. The number of carbonyl (C=O) groups is 1. The van der Waals surface area contributed by atoms with Crippen molar-refractivity contribution in [3.05, 3.63) is 33.8 Å². The minimum atomic E-state index is -0.151. The molecule has 0 fully saturated rings. The number of carbonyl (C=O) groups excluding carboxylic acids is 1. The summed E-state index contributed by atoms with van der Waals surface area (Å²) >= 11 is 1.42. The van der Waals surface area contributed by atoms with Crippen LogP contribution in [0.2, 0.25) is 0 Å². The second-order valence-corrected chi connectivity index (χ2v) is 6.66. The van der Waals surface area contributed by atoms with Gasteiger partial charge in [0.1, 0.15) is 23.1 Å². The van der Waals surface area contributed by atoms with E-state index in [4.69, 9.17) is 9.47 Å². The fraction of sp³-hybridized carbons (Fsp3) is 0.375. The predicted octanol–water partition coefficient (Wildman–Crippen LogP) is 2.54. The third-order valence-corrected chi connectivity index (χ3v) is 4.44. The first-order chi connectivity index (χ1) is 11.0. The maximum absolute atomic E-state index is 12.5. The number of thiazole rings is 1. The van der Waals surface area contributed by atoms with Gasteiger partial charge in [0.2, 0.25) is 0 Å². The van der Waals surface area contributed by atoms with E-state index in [0.717, 1.165) is 17.2 Å². The molecule has 122 valence electrons. The molecule has 1 aliphatic heterocycles. The summed E-state index contributed by atoms with van der Waals surface area (Å²) in [5, 5.41) is 3.83. The lowest BCUT2D eigenvalue weighted by atomic mass is 10.2. The summed E-state index contributed by atoms with van der Waals surface area (Å²) in [6.45, 7) is 3.65. The lowest BCUT2D eigenvalue weighted by Crippen LogP contribution is -2.16. The second-order valence-electron chi connectivity index (χ2n) is 5.57. The molecule has 1 N–H and O–H groups in total. The molecule has 3 rings (SSSR count). The van der Waals surface area contributed by atoms with Crippen LogP contribution >= 0.6 is 11.3 Å². The van der Waals surface area contributed by atoms with Crippen molar-refractivity contribution in [1.82, 2.24) is 9.88 Å². The van der Waals surface area contributed by atoms with Gasteiger partial charge in [-0.3, -0.25) is 4.79 Å². The molecular formula is C16H19N3O3S. The van der Waals surface area contributed by atoms with Crippen LogP contribution in [-0.4, -0.2) is 43.1 Å². The largest absolute Gasteiger partial charge is 0.486 e. The molecule has 0 bridgehead atoms. The van der Waals surface area contributed by atoms with Crippen LogP contribution in [0.1, 0.15) is 20.4 Å². The van der Waals surface area contributed by atoms with Gasteiger partial charge in [-0.2, -0.15) is 0 Å². The van der Waals surface area contributed by atoms with E-state index in [1.54, 1.807) is 12.1 Å². The summed E-state index contributed by atoms with van der Waals surface area (Å²) in [4.78, 5) is 19.6. The molecule has 0 saturated carbocycles. The molecule has 1 aromatic carbocycles. The van der Waals surface area contributed by atoms with E-state index in [1.165, 1.54) is 11.3 Å². The molecular weight excluding hydrogens is 314 g/mol. The molecule has 0 atom stereocenters. The zero-order chi connectivity index (χ0) is 16.4. The summed E-state index contributed by atoms with van der Waals surface area (Å²) < 4.78 is 11.0. The summed E-state index contributed by atoms with van der Waals surface area (Å²) in [7, 11) is 3.96. The van der Waals surface area contributed by atoms with Crippen molar-refractivity contribution in [1.29, 1.82) is 0 Å². The molecule has 0 aliphatic carbocycles. The molecule has 1 aromatic heterocycles. The van der Waals surface area contributed by atoms with Crippen LogP contribution < -0.4 is 14.8 Å². The number of nitrogens with zero attached hydrogens (tertiary/aromatic N) is 2. The Morgan fingerprint density at radius 2 is 2.04 bits per heavy atom. The van der Waals surface area contributed by atoms with Crippen molar-refractivity contribution >= 4 is 22.9 Å². The highest BCUT2D eigenvalue weighted by Gasteiger charge is 2.17. The quantitative estimate of drug-likeness (QED) is 0.931. The smallest absolute Gasteiger partial charge is 0.267 e. The maximum atomic E-state index is 12.5. The van der Waals surface area contributed by atoms with Crippen molar-refractivity contribution in [2.75, 3.05) is 32.6 Å². The van der Waals surface area contributed by atoms with Crippen molar-refractivity contribution < 1.29 is 14.3 Å². The molecule has 0 unspecified atom stereocenters.